The van der Waals surface area contributed by atoms with Gasteiger partial charge in [0.2, 0.25) is 5.91 Å². The van der Waals surface area contributed by atoms with Crippen LogP contribution in [0.5, 0.6) is 0 Å². The second-order valence-electron chi connectivity index (χ2n) is 6.87. The third kappa shape index (κ3) is 3.29. The van der Waals surface area contributed by atoms with Crippen LogP contribution in [0.2, 0.25) is 0 Å². The van der Waals surface area contributed by atoms with E-state index in [4.69, 9.17) is 0 Å². The molecular formula is C18H23ClN4O3. The van der Waals surface area contributed by atoms with Crippen LogP contribution >= 0.6 is 12.4 Å². The molecule has 1 aromatic carbocycles. The van der Waals surface area contributed by atoms with Crippen molar-refractivity contribution >= 4 is 29.1 Å². The van der Waals surface area contributed by atoms with Crippen LogP contribution in [0, 0.1) is 0 Å². The molecule has 1 aromatic heterocycles. The molecule has 2 fully saturated rings. The average molecular weight is 379 g/mol. The lowest BCUT2D eigenvalue weighted by Crippen LogP contribution is -2.43. The van der Waals surface area contributed by atoms with Crippen molar-refractivity contribution in [3.05, 3.63) is 45.0 Å². The number of nitrogens with zero attached hydrogens (tertiary/aromatic N) is 2. The molecule has 2 N–H and O–H groups in total. The highest BCUT2D eigenvalue weighted by molar-refractivity contribution is 5.85. The Hall–Kier alpha value is -2.12. The number of hydrogen-bond donors (Lipinski definition) is 2. The maximum atomic E-state index is 12.7. The van der Waals surface area contributed by atoms with Crippen LogP contribution in [0.1, 0.15) is 25.7 Å². The Morgan fingerprint density at radius 3 is 2.62 bits per heavy atom. The summed E-state index contributed by atoms with van der Waals surface area (Å²) in [5.41, 5.74) is -0.565. The summed E-state index contributed by atoms with van der Waals surface area (Å²) in [5, 5.41) is 6.74. The van der Waals surface area contributed by atoms with Gasteiger partial charge in [-0.25, -0.2) is 4.68 Å². The Bertz CT molecular complexity index is 909. The van der Waals surface area contributed by atoms with E-state index in [1.807, 2.05) is 4.90 Å². The standard InChI is InChI=1S/C18H22N4O3.ClH/c23-16(22-12-5-6-13(22)11-19-9-7-12)8-10-21-18(25)15-4-2-1-3-14(15)17(24)20-21;/h1-4,12-13,19H,5-11H2,(H,20,24);1H. The highest BCUT2D eigenvalue weighted by Crippen LogP contribution is 2.28. The zero-order chi connectivity index (χ0) is 17.4. The minimum Gasteiger partial charge on any atom is -0.335 e. The van der Waals surface area contributed by atoms with Crippen LogP contribution in [0.15, 0.2) is 33.9 Å². The molecule has 0 radical (unpaired) electrons. The monoisotopic (exact) mass is 378 g/mol. The van der Waals surface area contributed by atoms with E-state index >= 15 is 0 Å². The molecule has 0 saturated carbocycles. The summed E-state index contributed by atoms with van der Waals surface area (Å²) in [5.74, 6) is 0.0668. The molecule has 26 heavy (non-hydrogen) atoms. The fourth-order valence-corrected chi connectivity index (χ4v) is 4.13. The number of amides is 1. The van der Waals surface area contributed by atoms with E-state index in [-0.39, 0.29) is 48.4 Å². The predicted molar refractivity (Wildman–Crippen MR) is 102 cm³/mol. The van der Waals surface area contributed by atoms with Crippen molar-refractivity contribution in [2.75, 3.05) is 13.1 Å². The molecule has 2 atom stereocenters. The maximum Gasteiger partial charge on any atom is 0.273 e. The molecule has 2 aliphatic rings. The lowest BCUT2D eigenvalue weighted by molar-refractivity contribution is -0.134. The Labute approximate surface area is 156 Å². The van der Waals surface area contributed by atoms with Gasteiger partial charge in [0.15, 0.2) is 0 Å². The summed E-state index contributed by atoms with van der Waals surface area (Å²) < 4.78 is 1.26. The maximum absolute atomic E-state index is 12.7. The first kappa shape index (κ1) is 18.7. The minimum atomic E-state index is -0.304. The predicted octanol–water partition coefficient (Wildman–Crippen LogP) is 0.855. The van der Waals surface area contributed by atoms with Crippen molar-refractivity contribution in [2.45, 2.75) is 44.3 Å². The number of aromatic amines is 1. The van der Waals surface area contributed by atoms with Crippen molar-refractivity contribution in [1.82, 2.24) is 20.0 Å². The van der Waals surface area contributed by atoms with E-state index in [0.717, 1.165) is 32.4 Å². The molecule has 140 valence electrons. The zero-order valence-electron chi connectivity index (χ0n) is 14.4. The van der Waals surface area contributed by atoms with Crippen LogP contribution in [-0.4, -0.2) is 45.8 Å². The summed E-state index contributed by atoms with van der Waals surface area (Å²) in [6, 6.07) is 7.31. The van der Waals surface area contributed by atoms with E-state index in [0.29, 0.717) is 16.8 Å². The topological polar surface area (TPSA) is 87.2 Å². The molecule has 3 heterocycles. The quantitative estimate of drug-likeness (QED) is 0.829. The number of aromatic nitrogens is 2. The number of rotatable bonds is 3. The van der Waals surface area contributed by atoms with Gasteiger partial charge in [0.25, 0.3) is 11.1 Å². The van der Waals surface area contributed by atoms with Gasteiger partial charge in [0.1, 0.15) is 0 Å². The highest BCUT2D eigenvalue weighted by atomic mass is 35.5. The third-order valence-corrected chi connectivity index (χ3v) is 5.38. The van der Waals surface area contributed by atoms with Gasteiger partial charge in [-0.15, -0.1) is 12.4 Å². The molecule has 7 nitrogen and oxygen atoms in total. The Kier molecular flexibility index (Phi) is 5.48. The smallest absolute Gasteiger partial charge is 0.273 e. The molecule has 2 unspecified atom stereocenters. The molecular weight excluding hydrogens is 356 g/mol. The van der Waals surface area contributed by atoms with Gasteiger partial charge in [-0.05, 0) is 37.9 Å². The normalized spacial score (nSPS) is 22.1. The average Bonchev–Trinajstić information content (AvgIpc) is 2.89. The first-order valence-electron chi connectivity index (χ1n) is 8.89. The number of nitrogens with one attached hydrogen (secondary N) is 2. The van der Waals surface area contributed by atoms with Crippen LogP contribution in [0.4, 0.5) is 0 Å². The lowest BCUT2D eigenvalue weighted by atomic mass is 10.1. The van der Waals surface area contributed by atoms with Crippen molar-refractivity contribution in [3.63, 3.8) is 0 Å². The fourth-order valence-electron chi connectivity index (χ4n) is 4.13. The van der Waals surface area contributed by atoms with E-state index in [1.54, 1.807) is 24.3 Å². The van der Waals surface area contributed by atoms with Gasteiger partial charge in [-0.1, -0.05) is 12.1 Å². The van der Waals surface area contributed by atoms with Gasteiger partial charge in [-0.2, -0.15) is 0 Å². The van der Waals surface area contributed by atoms with Gasteiger partial charge in [0, 0.05) is 25.0 Å². The fraction of sp³-hybridized carbons (Fsp3) is 0.500. The van der Waals surface area contributed by atoms with E-state index in [9.17, 15) is 14.4 Å². The van der Waals surface area contributed by atoms with Crippen LogP contribution < -0.4 is 16.4 Å². The second-order valence-corrected chi connectivity index (χ2v) is 6.87. The summed E-state index contributed by atoms with van der Waals surface area (Å²) in [6.45, 7) is 1.98. The van der Waals surface area contributed by atoms with E-state index in [1.165, 1.54) is 4.68 Å². The number of carbonyl (C=O) groups is 1. The SMILES string of the molecule is Cl.O=C(CCn1[nH]c(=O)c2ccccc2c1=O)N1C2CCNCC1CC2. The molecule has 2 aromatic rings. The van der Waals surface area contributed by atoms with E-state index < -0.39 is 0 Å². The first-order valence-corrected chi connectivity index (χ1v) is 8.89. The Morgan fingerprint density at radius 1 is 1.08 bits per heavy atom. The number of benzene rings is 1. The van der Waals surface area contributed by atoms with Crippen LogP contribution in [0.25, 0.3) is 10.8 Å². The van der Waals surface area contributed by atoms with Crippen LogP contribution in [-0.2, 0) is 11.3 Å². The molecule has 1 amide bonds. The lowest BCUT2D eigenvalue weighted by Gasteiger charge is -2.28. The number of halogens is 1. The molecule has 2 bridgehead atoms. The van der Waals surface area contributed by atoms with Crippen molar-refractivity contribution in [3.8, 4) is 0 Å². The highest BCUT2D eigenvalue weighted by Gasteiger charge is 2.37. The summed E-state index contributed by atoms with van der Waals surface area (Å²) in [6.07, 6.45) is 3.30. The molecule has 0 spiro atoms. The molecule has 2 saturated heterocycles. The molecule has 4 rings (SSSR count). The summed E-state index contributed by atoms with van der Waals surface area (Å²) in [4.78, 5) is 39.4. The zero-order valence-corrected chi connectivity index (χ0v) is 15.3. The van der Waals surface area contributed by atoms with Gasteiger partial charge in [0.05, 0.1) is 17.3 Å². The number of fused-ring (bicyclic) bond motifs is 3. The van der Waals surface area contributed by atoms with Gasteiger partial charge < -0.3 is 10.2 Å². The minimum absolute atomic E-state index is 0. The molecule has 2 aliphatic heterocycles. The van der Waals surface area contributed by atoms with Crippen LogP contribution in [0.3, 0.4) is 0 Å². The number of hydrogen-bond acceptors (Lipinski definition) is 4. The summed E-state index contributed by atoms with van der Waals surface area (Å²) in [7, 11) is 0. The van der Waals surface area contributed by atoms with Gasteiger partial charge in [-0.3, -0.25) is 19.5 Å². The Morgan fingerprint density at radius 2 is 1.81 bits per heavy atom. The first-order chi connectivity index (χ1) is 12.1. The van der Waals surface area contributed by atoms with Gasteiger partial charge >= 0.3 is 0 Å². The number of carbonyl (C=O) groups excluding carboxylic acids is 1. The van der Waals surface area contributed by atoms with Crippen molar-refractivity contribution in [1.29, 1.82) is 0 Å². The largest absolute Gasteiger partial charge is 0.335 e. The summed E-state index contributed by atoms with van der Waals surface area (Å²) >= 11 is 0. The second kappa shape index (κ2) is 7.63. The Balaban J connectivity index is 0.00000196. The molecule has 0 aliphatic carbocycles. The van der Waals surface area contributed by atoms with E-state index in [2.05, 4.69) is 10.4 Å². The number of aryl methyl sites for hydroxylation is 1. The third-order valence-electron chi connectivity index (χ3n) is 5.38. The molecule has 8 heteroatoms. The number of H-pyrrole nitrogens is 1. The van der Waals surface area contributed by atoms with Crippen molar-refractivity contribution < 1.29 is 4.79 Å². The van der Waals surface area contributed by atoms with Crippen molar-refractivity contribution in [2.24, 2.45) is 0 Å².